The Kier molecular flexibility index (Phi) is 15.5. The van der Waals surface area contributed by atoms with Crippen LogP contribution in [0.25, 0.3) is 0 Å². The van der Waals surface area contributed by atoms with Gasteiger partial charge in [0.25, 0.3) is 0 Å². The van der Waals surface area contributed by atoms with E-state index in [0.29, 0.717) is 0 Å². The first-order valence-corrected chi connectivity index (χ1v) is 8.66. The number of rotatable bonds is 14. The van der Waals surface area contributed by atoms with Gasteiger partial charge in [0.2, 0.25) is 0 Å². The molecular weight excluding hydrogens is 232 g/mol. The first-order chi connectivity index (χ1) is 9.31. The lowest BCUT2D eigenvalue weighted by atomic mass is 10.1. The van der Waals surface area contributed by atoms with Crippen LogP contribution in [-0.4, -0.2) is 11.2 Å². The van der Waals surface area contributed by atoms with E-state index in [1.165, 1.54) is 70.6 Å². The lowest BCUT2D eigenvalue weighted by Gasteiger charge is -2.05. The summed E-state index contributed by atoms with van der Waals surface area (Å²) >= 11 is 0. The van der Waals surface area contributed by atoms with Crippen molar-refractivity contribution in [2.75, 3.05) is 0 Å². The fraction of sp³-hybridized carbons (Fsp3) is 0.889. The molecule has 0 saturated carbocycles. The largest absolute Gasteiger partial charge is 0.389 e. The quantitative estimate of drug-likeness (QED) is 0.302. The number of hydrogen-bond donors (Lipinski definition) is 1. The number of hydrogen-bond acceptors (Lipinski definition) is 1. The van der Waals surface area contributed by atoms with Gasteiger partial charge in [-0.2, -0.15) is 0 Å². The van der Waals surface area contributed by atoms with Crippen molar-refractivity contribution in [3.8, 4) is 0 Å². The molecule has 0 heterocycles. The van der Waals surface area contributed by atoms with Crippen molar-refractivity contribution < 1.29 is 5.11 Å². The summed E-state index contributed by atoms with van der Waals surface area (Å²) in [5.74, 6) is 0. The van der Waals surface area contributed by atoms with Crippen molar-refractivity contribution in [2.45, 2.75) is 103 Å². The van der Waals surface area contributed by atoms with Gasteiger partial charge >= 0.3 is 0 Å². The highest BCUT2D eigenvalue weighted by Crippen LogP contribution is 2.10. The second kappa shape index (κ2) is 15.8. The van der Waals surface area contributed by atoms with Gasteiger partial charge < -0.3 is 5.11 Å². The third-order valence-corrected chi connectivity index (χ3v) is 3.69. The van der Waals surface area contributed by atoms with Gasteiger partial charge in [0, 0.05) is 0 Å². The van der Waals surface area contributed by atoms with Crippen LogP contribution in [0.15, 0.2) is 12.2 Å². The summed E-state index contributed by atoms with van der Waals surface area (Å²) in [5, 5.41) is 9.81. The first-order valence-electron chi connectivity index (χ1n) is 8.66. The van der Waals surface area contributed by atoms with Gasteiger partial charge in [-0.1, -0.05) is 90.2 Å². The molecule has 0 saturated heterocycles. The summed E-state index contributed by atoms with van der Waals surface area (Å²) in [6, 6.07) is 0. The minimum Gasteiger partial charge on any atom is -0.389 e. The van der Waals surface area contributed by atoms with Gasteiger partial charge in [-0.15, -0.1) is 0 Å². The van der Waals surface area contributed by atoms with Crippen molar-refractivity contribution in [3.05, 3.63) is 12.2 Å². The van der Waals surface area contributed by atoms with Gasteiger partial charge in [-0.3, -0.25) is 0 Å². The van der Waals surface area contributed by atoms with Crippen molar-refractivity contribution in [1.29, 1.82) is 0 Å². The molecule has 0 aromatic carbocycles. The summed E-state index contributed by atoms with van der Waals surface area (Å²) in [4.78, 5) is 0. The van der Waals surface area contributed by atoms with Gasteiger partial charge in [0.05, 0.1) is 6.10 Å². The van der Waals surface area contributed by atoms with E-state index in [-0.39, 0.29) is 6.10 Å². The Labute approximate surface area is 121 Å². The van der Waals surface area contributed by atoms with E-state index in [1.807, 2.05) is 6.08 Å². The molecule has 0 aromatic rings. The molecule has 0 spiro atoms. The van der Waals surface area contributed by atoms with Crippen LogP contribution in [0.5, 0.6) is 0 Å². The molecule has 19 heavy (non-hydrogen) atoms. The van der Waals surface area contributed by atoms with E-state index >= 15 is 0 Å². The average molecular weight is 268 g/mol. The average Bonchev–Trinajstić information content (AvgIpc) is 2.41. The van der Waals surface area contributed by atoms with Gasteiger partial charge in [0.1, 0.15) is 0 Å². The van der Waals surface area contributed by atoms with E-state index < -0.39 is 0 Å². The summed E-state index contributed by atoms with van der Waals surface area (Å²) in [6.07, 6.45) is 20.5. The Morgan fingerprint density at radius 3 is 1.89 bits per heavy atom. The van der Waals surface area contributed by atoms with Crippen molar-refractivity contribution >= 4 is 0 Å². The third-order valence-electron chi connectivity index (χ3n) is 3.69. The Morgan fingerprint density at radius 2 is 1.26 bits per heavy atom. The number of unbranched alkanes of at least 4 members (excludes halogenated alkanes) is 10. The molecule has 0 fully saturated rings. The lowest BCUT2D eigenvalue weighted by molar-refractivity contribution is 0.207. The van der Waals surface area contributed by atoms with Crippen LogP contribution in [-0.2, 0) is 0 Å². The SMILES string of the molecule is CCCCCCCC=CC(O)CCCCCCCC. The molecule has 0 aliphatic rings. The molecule has 1 heteroatoms. The molecule has 1 nitrogen and oxygen atoms in total. The maximum atomic E-state index is 9.81. The topological polar surface area (TPSA) is 20.2 Å². The van der Waals surface area contributed by atoms with E-state index in [9.17, 15) is 5.11 Å². The molecule has 1 unspecified atom stereocenters. The van der Waals surface area contributed by atoms with Crippen LogP contribution in [0.3, 0.4) is 0 Å². The molecular formula is C18H36O. The van der Waals surface area contributed by atoms with Gasteiger partial charge in [-0.25, -0.2) is 0 Å². The summed E-state index contributed by atoms with van der Waals surface area (Å²) in [6.45, 7) is 4.50. The molecule has 1 N–H and O–H groups in total. The molecule has 0 aromatic heterocycles. The van der Waals surface area contributed by atoms with Gasteiger partial charge in [0.15, 0.2) is 0 Å². The van der Waals surface area contributed by atoms with Crippen LogP contribution < -0.4 is 0 Å². The zero-order valence-corrected chi connectivity index (χ0v) is 13.4. The maximum Gasteiger partial charge on any atom is 0.0720 e. The van der Waals surface area contributed by atoms with E-state index in [4.69, 9.17) is 0 Å². The highest BCUT2D eigenvalue weighted by Gasteiger charge is 1.98. The summed E-state index contributed by atoms with van der Waals surface area (Å²) in [7, 11) is 0. The van der Waals surface area contributed by atoms with Crippen LogP contribution in [0.1, 0.15) is 97.3 Å². The van der Waals surface area contributed by atoms with Crippen molar-refractivity contribution in [3.63, 3.8) is 0 Å². The van der Waals surface area contributed by atoms with Crippen LogP contribution in [0.4, 0.5) is 0 Å². The highest BCUT2D eigenvalue weighted by atomic mass is 16.3. The highest BCUT2D eigenvalue weighted by molar-refractivity contribution is 4.88. The van der Waals surface area contributed by atoms with Gasteiger partial charge in [-0.05, 0) is 19.3 Å². The van der Waals surface area contributed by atoms with E-state index in [2.05, 4.69) is 19.9 Å². The molecule has 0 radical (unpaired) electrons. The number of aliphatic hydroxyl groups excluding tert-OH is 1. The first kappa shape index (κ1) is 18.7. The third kappa shape index (κ3) is 15.6. The Hall–Kier alpha value is -0.300. The second-order valence-corrected chi connectivity index (χ2v) is 5.75. The fourth-order valence-electron chi connectivity index (χ4n) is 2.35. The van der Waals surface area contributed by atoms with Crippen molar-refractivity contribution in [2.24, 2.45) is 0 Å². The van der Waals surface area contributed by atoms with Crippen LogP contribution in [0, 0.1) is 0 Å². The van der Waals surface area contributed by atoms with Crippen molar-refractivity contribution in [1.82, 2.24) is 0 Å². The fourth-order valence-corrected chi connectivity index (χ4v) is 2.35. The summed E-state index contributed by atoms with van der Waals surface area (Å²) < 4.78 is 0. The minimum atomic E-state index is -0.207. The normalized spacial score (nSPS) is 13.2. The van der Waals surface area contributed by atoms with Crippen LogP contribution >= 0.6 is 0 Å². The number of allylic oxidation sites excluding steroid dienone is 1. The summed E-state index contributed by atoms with van der Waals surface area (Å²) in [5.41, 5.74) is 0. The molecule has 0 bridgehead atoms. The molecule has 114 valence electrons. The Bertz CT molecular complexity index is 186. The predicted octanol–water partition coefficient (Wildman–Crippen LogP) is 6.01. The van der Waals surface area contributed by atoms with E-state index in [0.717, 1.165) is 12.8 Å². The molecule has 0 amide bonds. The maximum absolute atomic E-state index is 9.81. The predicted molar refractivity (Wildman–Crippen MR) is 86.5 cm³/mol. The molecule has 0 aliphatic carbocycles. The van der Waals surface area contributed by atoms with Crippen LogP contribution in [0.2, 0.25) is 0 Å². The smallest absolute Gasteiger partial charge is 0.0720 e. The Morgan fingerprint density at radius 1 is 0.737 bits per heavy atom. The van der Waals surface area contributed by atoms with E-state index in [1.54, 1.807) is 0 Å². The minimum absolute atomic E-state index is 0.207. The lowest BCUT2D eigenvalue weighted by Crippen LogP contribution is -2.01. The second-order valence-electron chi connectivity index (χ2n) is 5.75. The monoisotopic (exact) mass is 268 g/mol. The Balaban J connectivity index is 3.25. The zero-order valence-electron chi connectivity index (χ0n) is 13.4. The molecule has 0 rings (SSSR count). The number of aliphatic hydroxyl groups is 1. The standard InChI is InChI=1S/C18H36O/c1-3-5-7-9-11-13-15-17-18(19)16-14-12-10-8-6-4-2/h15,17-19H,3-14,16H2,1-2H3. The molecule has 0 aliphatic heterocycles. The zero-order chi connectivity index (χ0) is 14.2. The molecule has 1 atom stereocenters.